The Morgan fingerprint density at radius 2 is 2.28 bits per heavy atom. The van der Waals surface area contributed by atoms with E-state index in [1.165, 1.54) is 25.3 Å². The van der Waals surface area contributed by atoms with Gasteiger partial charge in [0.15, 0.2) is 0 Å². The van der Waals surface area contributed by atoms with Gasteiger partial charge in [0.05, 0.1) is 12.0 Å². The monoisotopic (exact) mass is 272 g/mol. The Kier molecular flexibility index (Phi) is 5.06. The zero-order valence-electron chi connectivity index (χ0n) is 9.97. The van der Waals surface area contributed by atoms with E-state index in [-0.39, 0.29) is 12.2 Å². The Morgan fingerprint density at radius 3 is 2.83 bits per heavy atom. The van der Waals surface area contributed by atoms with Crippen molar-refractivity contribution in [3.05, 3.63) is 38.9 Å². The van der Waals surface area contributed by atoms with Gasteiger partial charge in [-0.15, -0.1) is 0 Å². The summed E-state index contributed by atoms with van der Waals surface area (Å²) in [5.74, 6) is -0.406. The third-order valence-corrected chi connectivity index (χ3v) is 2.76. The number of non-ortho nitro benzene ring substituents is 1. The van der Waals surface area contributed by atoms with Crippen LogP contribution >= 0.6 is 11.6 Å². The molecular formula is C11H13ClN2O4. The number of rotatable bonds is 5. The highest BCUT2D eigenvalue weighted by Gasteiger charge is 2.14. The molecule has 1 rings (SSSR count). The van der Waals surface area contributed by atoms with Gasteiger partial charge in [0.2, 0.25) is 0 Å². The summed E-state index contributed by atoms with van der Waals surface area (Å²) in [4.78, 5) is 21.3. The fourth-order valence-electron chi connectivity index (χ4n) is 1.33. The second kappa shape index (κ2) is 6.32. The molecule has 1 N–H and O–H groups in total. The molecule has 1 aromatic carbocycles. The molecule has 0 aliphatic heterocycles. The Morgan fingerprint density at radius 1 is 1.61 bits per heavy atom. The number of ether oxygens (including phenoxy) is 1. The Hall–Kier alpha value is -1.66. The van der Waals surface area contributed by atoms with E-state index in [1.54, 1.807) is 6.92 Å². The van der Waals surface area contributed by atoms with Crippen molar-refractivity contribution in [2.75, 3.05) is 7.11 Å². The molecule has 0 aliphatic carbocycles. The predicted octanol–water partition coefficient (Wildman–Crippen LogP) is 1.90. The topological polar surface area (TPSA) is 81.5 Å². The summed E-state index contributed by atoms with van der Waals surface area (Å²) in [6.07, 6.45) is 0. The van der Waals surface area contributed by atoms with Crippen molar-refractivity contribution < 1.29 is 14.5 Å². The van der Waals surface area contributed by atoms with Crippen molar-refractivity contribution in [3.8, 4) is 0 Å². The Labute approximate surface area is 109 Å². The van der Waals surface area contributed by atoms with E-state index in [4.69, 9.17) is 11.6 Å². The van der Waals surface area contributed by atoms with Crippen LogP contribution in [0.3, 0.4) is 0 Å². The molecule has 0 aromatic heterocycles. The van der Waals surface area contributed by atoms with Gasteiger partial charge < -0.3 is 10.1 Å². The number of halogens is 1. The lowest BCUT2D eigenvalue weighted by Crippen LogP contribution is -2.34. The number of nitro benzene ring substituents is 1. The average Bonchev–Trinajstić information content (AvgIpc) is 2.36. The lowest BCUT2D eigenvalue weighted by Gasteiger charge is -2.12. The number of esters is 1. The fraction of sp³-hybridized carbons (Fsp3) is 0.364. The molecule has 0 saturated carbocycles. The van der Waals surface area contributed by atoms with Crippen LogP contribution < -0.4 is 5.32 Å². The highest BCUT2D eigenvalue weighted by molar-refractivity contribution is 6.31. The van der Waals surface area contributed by atoms with Gasteiger partial charge in [0.1, 0.15) is 6.04 Å². The molecule has 18 heavy (non-hydrogen) atoms. The highest BCUT2D eigenvalue weighted by Crippen LogP contribution is 2.21. The molecule has 0 amide bonds. The van der Waals surface area contributed by atoms with Crippen LogP contribution in [-0.4, -0.2) is 24.0 Å². The summed E-state index contributed by atoms with van der Waals surface area (Å²) in [6.45, 7) is 1.88. The summed E-state index contributed by atoms with van der Waals surface area (Å²) < 4.78 is 4.55. The fourth-order valence-corrected chi connectivity index (χ4v) is 1.52. The minimum absolute atomic E-state index is 0.0399. The zero-order chi connectivity index (χ0) is 13.7. The summed E-state index contributed by atoms with van der Waals surface area (Å²) in [6, 6.07) is 3.65. The number of carbonyl (C=O) groups excluding carboxylic acids is 1. The molecule has 0 unspecified atom stereocenters. The van der Waals surface area contributed by atoms with E-state index in [9.17, 15) is 14.9 Å². The van der Waals surface area contributed by atoms with Crippen molar-refractivity contribution >= 4 is 23.3 Å². The van der Waals surface area contributed by atoms with Crippen molar-refractivity contribution in [2.24, 2.45) is 0 Å². The number of nitrogens with one attached hydrogen (secondary N) is 1. The SMILES string of the molecule is COC(=O)[C@H](C)NCc1cc([N+](=O)[O-])ccc1Cl. The first-order chi connectivity index (χ1) is 8.45. The van der Waals surface area contributed by atoms with Crippen molar-refractivity contribution in [1.82, 2.24) is 5.32 Å². The number of nitrogens with zero attached hydrogens (tertiary/aromatic N) is 1. The first-order valence-corrected chi connectivity index (χ1v) is 5.57. The van der Waals surface area contributed by atoms with Gasteiger partial charge in [0, 0.05) is 23.7 Å². The second-order valence-corrected chi connectivity index (χ2v) is 4.07. The highest BCUT2D eigenvalue weighted by atomic mass is 35.5. The van der Waals surface area contributed by atoms with E-state index < -0.39 is 16.9 Å². The normalized spacial score (nSPS) is 11.9. The molecule has 0 heterocycles. The number of hydrogen-bond donors (Lipinski definition) is 1. The molecule has 1 aromatic rings. The van der Waals surface area contributed by atoms with E-state index in [0.29, 0.717) is 10.6 Å². The van der Waals surface area contributed by atoms with E-state index in [0.717, 1.165) is 0 Å². The molecule has 98 valence electrons. The van der Waals surface area contributed by atoms with Gasteiger partial charge in [-0.05, 0) is 18.6 Å². The van der Waals surface area contributed by atoms with Gasteiger partial charge >= 0.3 is 5.97 Å². The number of carbonyl (C=O) groups is 1. The van der Waals surface area contributed by atoms with Crippen LogP contribution in [0.15, 0.2) is 18.2 Å². The summed E-state index contributed by atoms with van der Waals surface area (Å²) in [5.41, 5.74) is 0.517. The van der Waals surface area contributed by atoms with Gasteiger partial charge in [-0.1, -0.05) is 11.6 Å². The lowest BCUT2D eigenvalue weighted by atomic mass is 10.2. The molecule has 0 bridgehead atoms. The molecule has 0 saturated heterocycles. The van der Waals surface area contributed by atoms with Crippen LogP contribution in [-0.2, 0) is 16.1 Å². The van der Waals surface area contributed by atoms with Crippen LogP contribution in [0.25, 0.3) is 0 Å². The van der Waals surface area contributed by atoms with Crippen LogP contribution in [0.2, 0.25) is 5.02 Å². The standard InChI is InChI=1S/C11H13ClN2O4/c1-7(11(15)18-2)13-6-8-5-9(14(16)17)3-4-10(8)12/h3-5,7,13H,6H2,1-2H3/t7-/m0/s1. The van der Waals surface area contributed by atoms with Crippen molar-refractivity contribution in [2.45, 2.75) is 19.5 Å². The molecule has 7 heteroatoms. The van der Waals surface area contributed by atoms with Gasteiger partial charge in [0.25, 0.3) is 5.69 Å². The zero-order valence-corrected chi connectivity index (χ0v) is 10.7. The van der Waals surface area contributed by atoms with E-state index in [2.05, 4.69) is 10.1 Å². The predicted molar refractivity (Wildman–Crippen MR) is 66.4 cm³/mol. The maximum Gasteiger partial charge on any atom is 0.322 e. The number of nitro groups is 1. The minimum Gasteiger partial charge on any atom is -0.468 e. The molecule has 0 spiro atoms. The van der Waals surface area contributed by atoms with E-state index >= 15 is 0 Å². The van der Waals surface area contributed by atoms with Gasteiger partial charge in [-0.2, -0.15) is 0 Å². The van der Waals surface area contributed by atoms with E-state index in [1.807, 2.05) is 0 Å². The van der Waals surface area contributed by atoms with Crippen LogP contribution in [0, 0.1) is 10.1 Å². The number of benzene rings is 1. The first kappa shape index (κ1) is 14.4. The minimum atomic E-state index is -0.509. The molecular weight excluding hydrogens is 260 g/mol. The van der Waals surface area contributed by atoms with Gasteiger partial charge in [-0.25, -0.2) is 0 Å². The molecule has 0 aliphatic rings. The Bertz CT molecular complexity index is 464. The molecule has 1 atom stereocenters. The summed E-state index contributed by atoms with van der Waals surface area (Å²) in [7, 11) is 1.29. The number of hydrogen-bond acceptors (Lipinski definition) is 5. The largest absolute Gasteiger partial charge is 0.468 e. The van der Waals surface area contributed by atoms with Crippen LogP contribution in [0.5, 0.6) is 0 Å². The van der Waals surface area contributed by atoms with Crippen LogP contribution in [0.4, 0.5) is 5.69 Å². The number of methoxy groups -OCH3 is 1. The third-order valence-electron chi connectivity index (χ3n) is 2.39. The molecule has 0 radical (unpaired) electrons. The molecule has 6 nitrogen and oxygen atoms in total. The van der Waals surface area contributed by atoms with Gasteiger partial charge in [-0.3, -0.25) is 14.9 Å². The van der Waals surface area contributed by atoms with Crippen molar-refractivity contribution in [1.29, 1.82) is 0 Å². The summed E-state index contributed by atoms with van der Waals surface area (Å²) in [5, 5.41) is 13.9. The second-order valence-electron chi connectivity index (χ2n) is 3.66. The third kappa shape index (κ3) is 3.68. The molecule has 0 fully saturated rings. The smallest absolute Gasteiger partial charge is 0.322 e. The first-order valence-electron chi connectivity index (χ1n) is 5.19. The lowest BCUT2D eigenvalue weighted by molar-refractivity contribution is -0.384. The van der Waals surface area contributed by atoms with Crippen LogP contribution in [0.1, 0.15) is 12.5 Å². The quantitative estimate of drug-likeness (QED) is 0.503. The van der Waals surface area contributed by atoms with Crippen molar-refractivity contribution in [3.63, 3.8) is 0 Å². The maximum absolute atomic E-state index is 11.2. The summed E-state index contributed by atoms with van der Waals surface area (Å²) >= 11 is 5.92. The maximum atomic E-state index is 11.2. The Balaban J connectivity index is 2.75. The average molecular weight is 273 g/mol.